The minimum Gasteiger partial charge on any atom is -0.480 e. The number of aliphatic carboxylic acids is 1. The van der Waals surface area contributed by atoms with Crippen molar-refractivity contribution in [3.05, 3.63) is 22.4 Å². The highest BCUT2D eigenvalue weighted by Crippen LogP contribution is 2.26. The summed E-state index contributed by atoms with van der Waals surface area (Å²) in [6.07, 6.45) is 0. The van der Waals surface area contributed by atoms with Crippen LogP contribution in [-0.2, 0) is 14.8 Å². The Morgan fingerprint density at radius 3 is 2.59 bits per heavy atom. The molecule has 1 rings (SSSR count). The van der Waals surface area contributed by atoms with Crippen LogP contribution >= 0.6 is 11.3 Å². The van der Waals surface area contributed by atoms with E-state index < -0.39 is 21.7 Å². The highest BCUT2D eigenvalue weighted by Gasteiger charge is 2.24. The van der Waals surface area contributed by atoms with E-state index in [1.165, 1.54) is 11.3 Å². The lowest BCUT2D eigenvalue weighted by Crippen LogP contribution is -2.35. The van der Waals surface area contributed by atoms with E-state index in [2.05, 4.69) is 4.72 Å². The summed E-state index contributed by atoms with van der Waals surface area (Å²) in [5, 5.41) is 10.4. The first kappa shape index (κ1) is 14.1. The van der Waals surface area contributed by atoms with Crippen LogP contribution in [0.15, 0.2) is 17.5 Å². The van der Waals surface area contributed by atoms with Crippen molar-refractivity contribution in [1.29, 1.82) is 0 Å². The van der Waals surface area contributed by atoms with E-state index >= 15 is 0 Å². The first-order valence-electron chi connectivity index (χ1n) is 5.07. The number of carbonyl (C=O) groups is 1. The zero-order valence-electron chi connectivity index (χ0n) is 9.58. The van der Waals surface area contributed by atoms with Crippen molar-refractivity contribution in [1.82, 2.24) is 4.72 Å². The van der Waals surface area contributed by atoms with Crippen LogP contribution in [0.1, 0.15) is 24.8 Å². The maximum Gasteiger partial charge on any atom is 0.320 e. The topological polar surface area (TPSA) is 83.5 Å². The van der Waals surface area contributed by atoms with E-state index in [4.69, 9.17) is 5.11 Å². The highest BCUT2D eigenvalue weighted by molar-refractivity contribution is 7.90. The number of thiophene rings is 1. The molecule has 7 heteroatoms. The molecule has 1 atom stereocenters. The fourth-order valence-electron chi connectivity index (χ4n) is 1.39. The predicted molar refractivity (Wildman–Crippen MR) is 66.5 cm³/mol. The monoisotopic (exact) mass is 277 g/mol. The van der Waals surface area contributed by atoms with Crippen LogP contribution < -0.4 is 4.72 Å². The Hall–Kier alpha value is -0.920. The van der Waals surface area contributed by atoms with Crippen LogP contribution in [0, 0.1) is 5.92 Å². The summed E-state index contributed by atoms with van der Waals surface area (Å²) in [5.74, 6) is -2.20. The Morgan fingerprint density at radius 2 is 2.18 bits per heavy atom. The SMILES string of the molecule is CC(C)C(NS(=O)(=O)CC(=O)O)c1cccs1. The fraction of sp³-hybridized carbons (Fsp3) is 0.500. The van der Waals surface area contributed by atoms with Crippen molar-refractivity contribution in [2.45, 2.75) is 19.9 Å². The average molecular weight is 277 g/mol. The van der Waals surface area contributed by atoms with Gasteiger partial charge in [-0.2, -0.15) is 0 Å². The summed E-state index contributed by atoms with van der Waals surface area (Å²) < 4.78 is 25.6. The minimum atomic E-state index is -3.79. The molecule has 0 saturated heterocycles. The second kappa shape index (κ2) is 5.61. The summed E-state index contributed by atoms with van der Waals surface area (Å²) in [6, 6.07) is 3.29. The van der Waals surface area contributed by atoms with Gasteiger partial charge in [0.05, 0.1) is 6.04 Å². The van der Waals surface area contributed by atoms with Gasteiger partial charge >= 0.3 is 5.97 Å². The van der Waals surface area contributed by atoms with Gasteiger partial charge in [-0.3, -0.25) is 4.79 Å². The quantitative estimate of drug-likeness (QED) is 0.824. The molecule has 17 heavy (non-hydrogen) atoms. The number of sulfonamides is 1. The number of rotatable bonds is 6. The first-order valence-corrected chi connectivity index (χ1v) is 7.60. The molecule has 0 aliphatic carbocycles. The van der Waals surface area contributed by atoms with Gasteiger partial charge in [0.25, 0.3) is 0 Å². The van der Waals surface area contributed by atoms with Crippen molar-refractivity contribution >= 4 is 27.3 Å². The molecule has 0 saturated carbocycles. The molecule has 2 N–H and O–H groups in total. The zero-order valence-corrected chi connectivity index (χ0v) is 11.2. The van der Waals surface area contributed by atoms with Gasteiger partial charge in [-0.1, -0.05) is 19.9 Å². The Morgan fingerprint density at radius 1 is 1.53 bits per heavy atom. The van der Waals surface area contributed by atoms with E-state index in [0.717, 1.165) is 4.88 Å². The lowest BCUT2D eigenvalue weighted by atomic mass is 10.0. The molecule has 1 unspecified atom stereocenters. The summed E-state index contributed by atoms with van der Waals surface area (Å²) in [7, 11) is -3.79. The highest BCUT2D eigenvalue weighted by atomic mass is 32.2. The molecular weight excluding hydrogens is 262 g/mol. The van der Waals surface area contributed by atoms with Gasteiger partial charge in [-0.05, 0) is 17.4 Å². The van der Waals surface area contributed by atoms with E-state index in [9.17, 15) is 13.2 Å². The third kappa shape index (κ3) is 4.45. The lowest BCUT2D eigenvalue weighted by Gasteiger charge is -2.20. The van der Waals surface area contributed by atoms with Crippen LogP contribution in [0.5, 0.6) is 0 Å². The Balaban J connectivity index is 2.85. The van der Waals surface area contributed by atoms with Crippen LogP contribution in [0.25, 0.3) is 0 Å². The third-order valence-corrected chi connectivity index (χ3v) is 4.33. The van der Waals surface area contributed by atoms with Crippen molar-refractivity contribution in [2.75, 3.05) is 5.75 Å². The van der Waals surface area contributed by atoms with E-state index in [1.54, 1.807) is 0 Å². The van der Waals surface area contributed by atoms with Gasteiger partial charge in [0.1, 0.15) is 0 Å². The lowest BCUT2D eigenvalue weighted by molar-refractivity contribution is -0.134. The molecule has 0 aliphatic heterocycles. The maximum atomic E-state index is 11.6. The Labute approximate surface area is 105 Å². The fourth-order valence-corrected chi connectivity index (χ4v) is 3.61. The smallest absolute Gasteiger partial charge is 0.320 e. The molecule has 0 fully saturated rings. The standard InChI is InChI=1S/C10H15NO4S2/c1-7(2)10(8-4-3-5-16-8)11-17(14,15)6-9(12)13/h3-5,7,10-11H,6H2,1-2H3,(H,12,13). The summed E-state index contributed by atoms with van der Waals surface area (Å²) in [4.78, 5) is 11.3. The normalized spacial score (nSPS) is 13.8. The first-order chi connectivity index (χ1) is 7.82. The van der Waals surface area contributed by atoms with Crippen LogP contribution in [0.4, 0.5) is 0 Å². The molecule has 1 aromatic rings. The van der Waals surface area contributed by atoms with Crippen molar-refractivity contribution < 1.29 is 18.3 Å². The molecule has 0 aliphatic rings. The molecule has 5 nitrogen and oxygen atoms in total. The van der Waals surface area contributed by atoms with Crippen molar-refractivity contribution in [3.8, 4) is 0 Å². The van der Waals surface area contributed by atoms with Gasteiger partial charge in [-0.15, -0.1) is 11.3 Å². The van der Waals surface area contributed by atoms with Crippen LogP contribution in [0.2, 0.25) is 0 Å². The minimum absolute atomic E-state index is 0.0530. The van der Waals surface area contributed by atoms with Crippen molar-refractivity contribution in [3.63, 3.8) is 0 Å². The summed E-state index contributed by atoms with van der Waals surface area (Å²) in [5.41, 5.74) is 0. The van der Waals surface area contributed by atoms with Gasteiger partial charge in [0, 0.05) is 4.88 Å². The Bertz CT molecular complexity index is 465. The third-order valence-electron chi connectivity index (χ3n) is 2.14. The predicted octanol–water partition coefficient (Wildman–Crippen LogP) is 1.45. The molecule has 0 spiro atoms. The van der Waals surface area contributed by atoms with E-state index in [0.29, 0.717) is 0 Å². The molecular formula is C10H15NO4S2. The average Bonchev–Trinajstić information content (AvgIpc) is 2.64. The number of carboxylic acid groups (broad SMARTS) is 1. The van der Waals surface area contributed by atoms with Gasteiger partial charge in [-0.25, -0.2) is 13.1 Å². The second-order valence-electron chi connectivity index (χ2n) is 4.01. The molecule has 0 aromatic carbocycles. The largest absolute Gasteiger partial charge is 0.480 e. The Kier molecular flexibility index (Phi) is 4.67. The molecule has 0 radical (unpaired) electrons. The molecule has 0 amide bonds. The molecule has 96 valence electrons. The summed E-state index contributed by atoms with van der Waals surface area (Å²) in [6.45, 7) is 3.77. The van der Waals surface area contributed by atoms with Crippen LogP contribution in [-0.4, -0.2) is 25.2 Å². The zero-order chi connectivity index (χ0) is 13.1. The maximum absolute atomic E-state index is 11.6. The van der Waals surface area contributed by atoms with E-state index in [1.807, 2.05) is 31.4 Å². The molecule has 0 bridgehead atoms. The number of carboxylic acids is 1. The van der Waals surface area contributed by atoms with Crippen LogP contribution in [0.3, 0.4) is 0 Å². The van der Waals surface area contributed by atoms with Gasteiger partial charge < -0.3 is 5.11 Å². The summed E-state index contributed by atoms with van der Waals surface area (Å²) >= 11 is 1.44. The molecule has 1 heterocycles. The van der Waals surface area contributed by atoms with Crippen molar-refractivity contribution in [2.24, 2.45) is 5.92 Å². The number of hydrogen-bond acceptors (Lipinski definition) is 4. The van der Waals surface area contributed by atoms with E-state index in [-0.39, 0.29) is 12.0 Å². The van der Waals surface area contributed by atoms with Gasteiger partial charge in [0.2, 0.25) is 10.0 Å². The second-order valence-corrected chi connectivity index (χ2v) is 6.74. The number of hydrogen-bond donors (Lipinski definition) is 2. The molecule has 1 aromatic heterocycles. The van der Waals surface area contributed by atoms with Gasteiger partial charge in [0.15, 0.2) is 5.75 Å². The number of nitrogens with one attached hydrogen (secondary N) is 1.